The van der Waals surface area contributed by atoms with Crippen LogP contribution in [0, 0.1) is 0 Å². The Hall–Kier alpha value is -1.71. The normalized spacial score (nSPS) is 18.6. The zero-order chi connectivity index (χ0) is 14.4. The summed E-state index contributed by atoms with van der Waals surface area (Å²) in [6, 6.07) is 7.66. The van der Waals surface area contributed by atoms with Gasteiger partial charge in [-0.05, 0) is 25.0 Å². The molecule has 1 fully saturated rings. The third-order valence-corrected chi connectivity index (χ3v) is 4.13. The predicted octanol–water partition coefficient (Wildman–Crippen LogP) is 3.08. The van der Waals surface area contributed by atoms with Crippen molar-refractivity contribution in [2.24, 2.45) is 5.73 Å². The average Bonchev–Trinajstić information content (AvgIpc) is 2.42. The van der Waals surface area contributed by atoms with Gasteiger partial charge < -0.3 is 15.8 Å². The van der Waals surface area contributed by atoms with Crippen LogP contribution in [0.15, 0.2) is 24.3 Å². The van der Waals surface area contributed by atoms with Crippen molar-refractivity contribution in [3.8, 4) is 5.75 Å². The summed E-state index contributed by atoms with van der Waals surface area (Å²) in [5, 5.41) is 3.38. The Kier molecular flexibility index (Phi) is 4.88. The molecule has 4 heteroatoms. The monoisotopic (exact) mass is 276 g/mol. The number of ether oxygens (including phenoxy) is 1. The van der Waals surface area contributed by atoms with Crippen LogP contribution in [0.1, 0.15) is 44.9 Å². The standard InChI is InChI=1S/C16H24N2O2/c1-20-14-9-7-8-13(12-14)18-16(15(17)19)10-5-3-2-4-6-11-16/h7-9,12,18H,2-6,10-11H2,1H3,(H2,17,19). The second-order valence-electron chi connectivity index (χ2n) is 5.57. The number of benzene rings is 1. The van der Waals surface area contributed by atoms with E-state index < -0.39 is 5.54 Å². The third kappa shape index (κ3) is 3.44. The number of hydrogen-bond donors (Lipinski definition) is 2. The van der Waals surface area contributed by atoms with Gasteiger partial charge in [0.15, 0.2) is 0 Å². The van der Waals surface area contributed by atoms with Crippen LogP contribution in [0.2, 0.25) is 0 Å². The van der Waals surface area contributed by atoms with Gasteiger partial charge in [-0.15, -0.1) is 0 Å². The molecule has 110 valence electrons. The van der Waals surface area contributed by atoms with Gasteiger partial charge in [0.05, 0.1) is 7.11 Å². The van der Waals surface area contributed by atoms with Crippen molar-refractivity contribution in [1.82, 2.24) is 0 Å². The Morgan fingerprint density at radius 1 is 1.20 bits per heavy atom. The molecule has 0 unspecified atom stereocenters. The maximum absolute atomic E-state index is 12.0. The Bertz CT molecular complexity index is 452. The highest BCUT2D eigenvalue weighted by Gasteiger charge is 2.36. The van der Waals surface area contributed by atoms with Crippen LogP contribution < -0.4 is 15.8 Å². The highest BCUT2D eigenvalue weighted by Crippen LogP contribution is 2.31. The number of amides is 1. The fraction of sp³-hybridized carbons (Fsp3) is 0.562. The molecule has 3 N–H and O–H groups in total. The van der Waals surface area contributed by atoms with Crippen molar-refractivity contribution >= 4 is 11.6 Å². The van der Waals surface area contributed by atoms with E-state index in [1.807, 2.05) is 24.3 Å². The molecule has 1 aliphatic rings. The molecule has 0 aromatic heterocycles. The highest BCUT2D eigenvalue weighted by atomic mass is 16.5. The Labute approximate surface area is 120 Å². The van der Waals surface area contributed by atoms with Crippen molar-refractivity contribution in [1.29, 1.82) is 0 Å². The SMILES string of the molecule is COc1cccc(NC2(C(N)=O)CCCCCCC2)c1. The van der Waals surface area contributed by atoms with E-state index in [1.165, 1.54) is 19.3 Å². The molecule has 20 heavy (non-hydrogen) atoms. The largest absolute Gasteiger partial charge is 0.497 e. The predicted molar refractivity (Wildman–Crippen MR) is 80.9 cm³/mol. The number of nitrogens with two attached hydrogens (primary N) is 1. The van der Waals surface area contributed by atoms with Crippen LogP contribution in [0.25, 0.3) is 0 Å². The first-order chi connectivity index (χ1) is 9.66. The molecular weight excluding hydrogens is 252 g/mol. The molecule has 0 spiro atoms. The smallest absolute Gasteiger partial charge is 0.243 e. The minimum absolute atomic E-state index is 0.248. The van der Waals surface area contributed by atoms with Crippen molar-refractivity contribution in [3.05, 3.63) is 24.3 Å². The summed E-state index contributed by atoms with van der Waals surface area (Å²) in [6.45, 7) is 0. The van der Waals surface area contributed by atoms with Gasteiger partial charge in [-0.3, -0.25) is 4.79 Å². The van der Waals surface area contributed by atoms with Gasteiger partial charge in [-0.2, -0.15) is 0 Å². The van der Waals surface area contributed by atoms with E-state index in [0.29, 0.717) is 0 Å². The molecule has 2 rings (SSSR count). The minimum Gasteiger partial charge on any atom is -0.497 e. The van der Waals surface area contributed by atoms with Gasteiger partial charge in [-0.1, -0.05) is 38.2 Å². The molecule has 0 radical (unpaired) electrons. The molecule has 0 heterocycles. The Morgan fingerprint density at radius 2 is 1.85 bits per heavy atom. The summed E-state index contributed by atoms with van der Waals surface area (Å²) < 4.78 is 5.23. The van der Waals surface area contributed by atoms with Gasteiger partial charge in [0.1, 0.15) is 11.3 Å². The summed E-state index contributed by atoms with van der Waals surface area (Å²) in [7, 11) is 1.64. The first-order valence-corrected chi connectivity index (χ1v) is 7.38. The van der Waals surface area contributed by atoms with Gasteiger partial charge in [-0.25, -0.2) is 0 Å². The van der Waals surface area contributed by atoms with E-state index in [0.717, 1.165) is 37.1 Å². The summed E-state index contributed by atoms with van der Waals surface area (Å²) >= 11 is 0. The first kappa shape index (κ1) is 14.7. The maximum atomic E-state index is 12.0. The second kappa shape index (κ2) is 6.64. The van der Waals surface area contributed by atoms with Crippen molar-refractivity contribution in [3.63, 3.8) is 0 Å². The molecule has 0 saturated heterocycles. The van der Waals surface area contributed by atoms with Crippen LogP contribution in [0.5, 0.6) is 5.75 Å². The molecule has 1 aromatic rings. The van der Waals surface area contributed by atoms with Crippen LogP contribution in [0.4, 0.5) is 5.69 Å². The lowest BCUT2D eigenvalue weighted by Gasteiger charge is -2.34. The number of anilines is 1. The van der Waals surface area contributed by atoms with E-state index >= 15 is 0 Å². The third-order valence-electron chi connectivity index (χ3n) is 4.13. The fourth-order valence-corrected chi connectivity index (χ4v) is 2.92. The van der Waals surface area contributed by atoms with Gasteiger partial charge in [0.2, 0.25) is 5.91 Å². The Morgan fingerprint density at radius 3 is 2.45 bits per heavy atom. The topological polar surface area (TPSA) is 64.3 Å². The van der Waals surface area contributed by atoms with Crippen LogP contribution in [0.3, 0.4) is 0 Å². The Balaban J connectivity index is 2.20. The lowest BCUT2D eigenvalue weighted by atomic mass is 9.83. The average molecular weight is 276 g/mol. The molecule has 0 bridgehead atoms. The molecule has 1 saturated carbocycles. The number of carbonyl (C=O) groups is 1. The van der Waals surface area contributed by atoms with E-state index in [2.05, 4.69) is 5.32 Å². The molecular formula is C16H24N2O2. The second-order valence-corrected chi connectivity index (χ2v) is 5.57. The molecule has 1 aliphatic carbocycles. The number of hydrogen-bond acceptors (Lipinski definition) is 3. The molecule has 0 atom stereocenters. The summed E-state index contributed by atoms with van der Waals surface area (Å²) in [4.78, 5) is 12.0. The maximum Gasteiger partial charge on any atom is 0.243 e. The number of nitrogens with one attached hydrogen (secondary N) is 1. The molecule has 0 aliphatic heterocycles. The van der Waals surface area contributed by atoms with Gasteiger partial charge in [0.25, 0.3) is 0 Å². The molecule has 4 nitrogen and oxygen atoms in total. The zero-order valence-corrected chi connectivity index (χ0v) is 12.2. The quantitative estimate of drug-likeness (QED) is 0.888. The van der Waals surface area contributed by atoms with Crippen molar-refractivity contribution in [2.75, 3.05) is 12.4 Å². The van der Waals surface area contributed by atoms with Crippen molar-refractivity contribution in [2.45, 2.75) is 50.5 Å². The van der Waals surface area contributed by atoms with Crippen LogP contribution >= 0.6 is 0 Å². The lowest BCUT2D eigenvalue weighted by molar-refractivity contribution is -0.123. The van der Waals surface area contributed by atoms with Gasteiger partial charge >= 0.3 is 0 Å². The summed E-state index contributed by atoms with van der Waals surface area (Å²) in [6.07, 6.45) is 7.30. The van der Waals surface area contributed by atoms with E-state index in [9.17, 15) is 4.79 Å². The molecule has 1 aromatic carbocycles. The summed E-state index contributed by atoms with van der Waals surface area (Å²) in [5.41, 5.74) is 5.98. The zero-order valence-electron chi connectivity index (χ0n) is 12.2. The minimum atomic E-state index is -0.618. The van der Waals surface area contributed by atoms with E-state index in [4.69, 9.17) is 10.5 Å². The number of methoxy groups -OCH3 is 1. The van der Waals surface area contributed by atoms with Crippen LogP contribution in [-0.2, 0) is 4.79 Å². The highest BCUT2D eigenvalue weighted by molar-refractivity contribution is 5.88. The summed E-state index contributed by atoms with van der Waals surface area (Å²) in [5.74, 6) is 0.530. The van der Waals surface area contributed by atoms with Gasteiger partial charge in [0, 0.05) is 11.8 Å². The first-order valence-electron chi connectivity index (χ1n) is 7.38. The fourth-order valence-electron chi connectivity index (χ4n) is 2.92. The van der Waals surface area contributed by atoms with Crippen LogP contribution in [-0.4, -0.2) is 18.6 Å². The number of carbonyl (C=O) groups excluding carboxylic acids is 1. The molecule has 1 amide bonds. The number of primary amides is 1. The van der Waals surface area contributed by atoms with E-state index in [-0.39, 0.29) is 5.91 Å². The lowest BCUT2D eigenvalue weighted by Crippen LogP contribution is -2.50. The van der Waals surface area contributed by atoms with Crippen molar-refractivity contribution < 1.29 is 9.53 Å². The van der Waals surface area contributed by atoms with E-state index in [1.54, 1.807) is 7.11 Å². The number of rotatable bonds is 4.